The first-order valence-electron chi connectivity index (χ1n) is 9.82. The number of carboxylic acids is 1. The molecule has 0 aliphatic heterocycles. The Morgan fingerprint density at radius 1 is 1.31 bits per heavy atom. The van der Waals surface area contributed by atoms with Crippen LogP contribution in [0.2, 0.25) is 5.02 Å². The van der Waals surface area contributed by atoms with E-state index in [1.807, 2.05) is 42.5 Å². The van der Waals surface area contributed by atoms with Crippen LogP contribution in [-0.2, 0) is 9.53 Å². The van der Waals surface area contributed by atoms with Crippen molar-refractivity contribution in [1.29, 1.82) is 0 Å². The van der Waals surface area contributed by atoms with Gasteiger partial charge in [0.15, 0.2) is 0 Å². The fourth-order valence-corrected chi connectivity index (χ4v) is 3.37. The minimum Gasteiger partial charge on any atom is -0.490 e. The van der Waals surface area contributed by atoms with E-state index in [0.29, 0.717) is 23.8 Å². The van der Waals surface area contributed by atoms with E-state index < -0.39 is 12.1 Å². The van der Waals surface area contributed by atoms with Crippen LogP contribution in [0.1, 0.15) is 25.7 Å². The van der Waals surface area contributed by atoms with Crippen molar-refractivity contribution in [1.82, 2.24) is 0 Å². The molecule has 1 aliphatic rings. The monoisotopic (exact) mass is 420 g/mol. The molecule has 0 saturated carbocycles. The number of aliphatic carboxylic acids is 1. The lowest BCUT2D eigenvalue weighted by Crippen LogP contribution is -2.21. The number of allylic oxidation sites excluding steroid dienone is 3. The van der Waals surface area contributed by atoms with E-state index in [1.165, 1.54) is 0 Å². The van der Waals surface area contributed by atoms with Crippen molar-refractivity contribution in [2.45, 2.75) is 37.9 Å². The van der Waals surface area contributed by atoms with E-state index in [-0.39, 0.29) is 24.4 Å². The Kier molecular flexibility index (Phi) is 9.98. The van der Waals surface area contributed by atoms with Crippen molar-refractivity contribution in [3.05, 3.63) is 65.7 Å². The molecule has 5 nitrogen and oxygen atoms in total. The molecule has 29 heavy (non-hydrogen) atoms. The molecule has 6 heteroatoms. The first-order chi connectivity index (χ1) is 14.0. The van der Waals surface area contributed by atoms with E-state index in [2.05, 4.69) is 6.08 Å². The number of hydrogen-bond acceptors (Lipinski definition) is 4. The van der Waals surface area contributed by atoms with E-state index in [9.17, 15) is 9.90 Å². The molecule has 4 atom stereocenters. The van der Waals surface area contributed by atoms with Gasteiger partial charge < -0.3 is 19.7 Å². The van der Waals surface area contributed by atoms with Crippen LogP contribution >= 0.6 is 11.6 Å². The van der Waals surface area contributed by atoms with Gasteiger partial charge in [0.2, 0.25) is 0 Å². The molecule has 0 saturated heterocycles. The highest BCUT2D eigenvalue weighted by Crippen LogP contribution is 2.30. The third-order valence-electron chi connectivity index (χ3n) is 4.84. The van der Waals surface area contributed by atoms with Crippen molar-refractivity contribution in [2.24, 2.45) is 11.8 Å². The van der Waals surface area contributed by atoms with Gasteiger partial charge in [0.1, 0.15) is 18.5 Å². The van der Waals surface area contributed by atoms with Gasteiger partial charge in [-0.3, -0.25) is 4.79 Å². The Morgan fingerprint density at radius 2 is 2.14 bits per heavy atom. The zero-order valence-electron chi connectivity index (χ0n) is 16.6. The topological polar surface area (TPSA) is 76.0 Å². The molecule has 2 rings (SSSR count). The van der Waals surface area contributed by atoms with E-state index in [0.717, 1.165) is 12.8 Å². The van der Waals surface area contributed by atoms with Crippen molar-refractivity contribution in [3.63, 3.8) is 0 Å². The number of aliphatic hydroxyl groups excluding tert-OH is 1. The van der Waals surface area contributed by atoms with Gasteiger partial charge in [-0.1, -0.05) is 54.1 Å². The third kappa shape index (κ3) is 8.44. The first kappa shape index (κ1) is 23.2. The summed E-state index contributed by atoms with van der Waals surface area (Å²) in [7, 11) is 1.62. The van der Waals surface area contributed by atoms with E-state index in [1.54, 1.807) is 19.2 Å². The van der Waals surface area contributed by atoms with Gasteiger partial charge in [-0.05, 0) is 43.4 Å². The van der Waals surface area contributed by atoms with Gasteiger partial charge in [-0.25, -0.2) is 0 Å². The van der Waals surface area contributed by atoms with Crippen molar-refractivity contribution < 1.29 is 24.5 Å². The number of carboxylic acid groups (broad SMARTS) is 1. The Hall–Kier alpha value is -2.08. The number of hydrogen-bond donors (Lipinski definition) is 2. The molecule has 0 spiro atoms. The molecule has 0 bridgehead atoms. The van der Waals surface area contributed by atoms with Crippen LogP contribution in [0.25, 0.3) is 0 Å². The van der Waals surface area contributed by atoms with Crippen LogP contribution in [0, 0.1) is 11.8 Å². The molecule has 0 fully saturated rings. The average Bonchev–Trinajstić information content (AvgIpc) is 3.04. The third-order valence-corrected chi connectivity index (χ3v) is 5.08. The molecule has 0 amide bonds. The Balaban J connectivity index is 1.83. The molecule has 1 aromatic rings. The highest BCUT2D eigenvalue weighted by Gasteiger charge is 2.27. The second-order valence-electron chi connectivity index (χ2n) is 7.04. The van der Waals surface area contributed by atoms with Crippen LogP contribution in [0.3, 0.4) is 0 Å². The molecule has 1 unspecified atom stereocenters. The summed E-state index contributed by atoms with van der Waals surface area (Å²) in [5.74, 6) is 0.0877. The minimum atomic E-state index is -0.766. The summed E-state index contributed by atoms with van der Waals surface area (Å²) in [5, 5.41) is 19.5. The molecule has 0 heterocycles. The smallest absolute Gasteiger partial charge is 0.303 e. The molecular formula is C23H29ClO5. The second kappa shape index (κ2) is 12.5. The molecule has 1 aliphatic carbocycles. The maximum atomic E-state index is 10.5. The zero-order chi connectivity index (χ0) is 21.1. The van der Waals surface area contributed by atoms with Crippen LogP contribution in [0.15, 0.2) is 60.7 Å². The number of aliphatic hydroxyl groups is 1. The summed E-state index contributed by atoms with van der Waals surface area (Å²) < 4.78 is 11.2. The van der Waals surface area contributed by atoms with Gasteiger partial charge in [-0.2, -0.15) is 0 Å². The number of carbonyl (C=O) groups is 1. The normalized spacial score (nSPS) is 22.5. The van der Waals surface area contributed by atoms with E-state index >= 15 is 0 Å². The lowest BCUT2D eigenvalue weighted by molar-refractivity contribution is -0.137. The molecule has 0 aromatic heterocycles. The molecule has 0 radical (unpaired) electrons. The standard InChI is InChI=1S/C23H29ClO5/c1-28-20(16-29-19-9-6-8-18(24)15-19)12-13-21-17(11-14-22(21)25)7-4-2-3-5-10-23(26)27/h2,4,6,8-9,11-15,17,20-22,25H,3,5,7,10,16H2,1H3,(H,26,27)/t17-,20?,21+,22+/m0/s1. The molecule has 1 aromatic carbocycles. The zero-order valence-corrected chi connectivity index (χ0v) is 17.4. The van der Waals surface area contributed by atoms with Crippen LogP contribution in [-0.4, -0.2) is 42.1 Å². The SMILES string of the molecule is COC(C=C[C@H]1[C@H](O)C=C[C@@H]1CC=CCCCC(=O)O)COc1cccc(Cl)c1. The van der Waals surface area contributed by atoms with Gasteiger partial charge in [0.25, 0.3) is 0 Å². The highest BCUT2D eigenvalue weighted by molar-refractivity contribution is 6.30. The Morgan fingerprint density at radius 3 is 2.86 bits per heavy atom. The summed E-state index contributed by atoms with van der Waals surface area (Å²) in [6.07, 6.45) is 13.5. The van der Waals surface area contributed by atoms with E-state index in [4.69, 9.17) is 26.2 Å². The fourth-order valence-electron chi connectivity index (χ4n) is 3.19. The molecule has 158 valence electrons. The van der Waals surface area contributed by atoms with Crippen molar-refractivity contribution in [2.75, 3.05) is 13.7 Å². The van der Waals surface area contributed by atoms with Crippen LogP contribution < -0.4 is 4.74 Å². The Labute approximate surface area is 177 Å². The fraction of sp³-hybridized carbons (Fsp3) is 0.435. The summed E-state index contributed by atoms with van der Waals surface area (Å²) in [4.78, 5) is 10.5. The molecular weight excluding hydrogens is 392 g/mol. The maximum absolute atomic E-state index is 10.5. The number of unbranched alkanes of at least 4 members (excludes halogenated alkanes) is 1. The van der Waals surface area contributed by atoms with Gasteiger partial charge in [0, 0.05) is 24.5 Å². The summed E-state index contributed by atoms with van der Waals surface area (Å²) in [6, 6.07) is 7.21. The summed E-state index contributed by atoms with van der Waals surface area (Å²) >= 11 is 5.97. The first-order valence-corrected chi connectivity index (χ1v) is 10.2. The maximum Gasteiger partial charge on any atom is 0.303 e. The number of methoxy groups -OCH3 is 1. The predicted octanol–water partition coefficient (Wildman–Crippen LogP) is 4.65. The average molecular weight is 421 g/mol. The lowest BCUT2D eigenvalue weighted by atomic mass is 9.90. The number of benzene rings is 1. The molecule has 2 N–H and O–H groups in total. The second-order valence-corrected chi connectivity index (χ2v) is 7.47. The minimum absolute atomic E-state index is 0.0255. The van der Waals surface area contributed by atoms with Crippen LogP contribution in [0.4, 0.5) is 0 Å². The van der Waals surface area contributed by atoms with Gasteiger partial charge in [-0.15, -0.1) is 0 Å². The predicted molar refractivity (Wildman–Crippen MR) is 114 cm³/mol. The lowest BCUT2D eigenvalue weighted by Gasteiger charge is -2.19. The largest absolute Gasteiger partial charge is 0.490 e. The van der Waals surface area contributed by atoms with Gasteiger partial charge >= 0.3 is 5.97 Å². The highest BCUT2D eigenvalue weighted by atomic mass is 35.5. The van der Waals surface area contributed by atoms with Crippen LogP contribution in [0.5, 0.6) is 5.75 Å². The summed E-state index contributed by atoms with van der Waals surface area (Å²) in [6.45, 7) is 0.345. The number of ether oxygens (including phenoxy) is 2. The quantitative estimate of drug-likeness (QED) is 0.380. The number of rotatable bonds is 12. The summed E-state index contributed by atoms with van der Waals surface area (Å²) in [5.41, 5.74) is 0. The van der Waals surface area contributed by atoms with Gasteiger partial charge in [0.05, 0.1) is 6.10 Å². The Bertz CT molecular complexity index is 728. The van der Waals surface area contributed by atoms with Crippen molar-refractivity contribution in [3.8, 4) is 5.75 Å². The van der Waals surface area contributed by atoms with Crippen molar-refractivity contribution >= 4 is 17.6 Å². The number of halogens is 1.